The Balaban J connectivity index is 1.51. The number of rotatable bonds is 6. The summed E-state index contributed by atoms with van der Waals surface area (Å²) in [7, 11) is 0. The van der Waals surface area contributed by atoms with Crippen molar-refractivity contribution in [2.45, 2.75) is 6.54 Å². The second-order valence-corrected chi connectivity index (χ2v) is 7.48. The molecule has 1 N–H and O–H groups in total. The minimum Gasteiger partial charge on any atom is -0.363 e. The fraction of sp³-hybridized carbons (Fsp3) is 0.353. The third kappa shape index (κ3) is 4.72. The Hall–Kier alpha value is -2.16. The number of hydrogen-bond acceptors (Lipinski definition) is 6. The molecule has 1 amide bonds. The second-order valence-electron chi connectivity index (χ2n) is 6.01. The van der Waals surface area contributed by atoms with E-state index in [1.54, 1.807) is 23.5 Å². The van der Waals surface area contributed by atoms with Gasteiger partial charge in [-0.2, -0.15) is 0 Å². The number of benzene rings is 1. The van der Waals surface area contributed by atoms with Crippen molar-refractivity contribution in [3.05, 3.63) is 55.7 Å². The van der Waals surface area contributed by atoms with Crippen LogP contribution >= 0.6 is 22.9 Å². The molecule has 1 fully saturated rings. The predicted octanol–water partition coefficient (Wildman–Crippen LogP) is 2.75. The lowest BCUT2D eigenvalue weighted by Gasteiger charge is -2.35. The van der Waals surface area contributed by atoms with E-state index < -0.39 is 4.92 Å². The smallest absolute Gasteiger partial charge is 0.294 e. The van der Waals surface area contributed by atoms with Gasteiger partial charge in [0.05, 0.1) is 18.0 Å². The maximum atomic E-state index is 12.1. The highest BCUT2D eigenvalue weighted by atomic mass is 35.5. The van der Waals surface area contributed by atoms with Crippen LogP contribution in [0.2, 0.25) is 5.02 Å². The zero-order chi connectivity index (χ0) is 18.5. The Kier molecular flexibility index (Phi) is 6.08. The van der Waals surface area contributed by atoms with Gasteiger partial charge in [0.15, 0.2) is 0 Å². The lowest BCUT2D eigenvalue weighted by atomic mass is 10.2. The van der Waals surface area contributed by atoms with Gasteiger partial charge in [-0.05, 0) is 23.6 Å². The average Bonchev–Trinajstić information content (AvgIpc) is 3.14. The topological polar surface area (TPSA) is 78.7 Å². The molecule has 7 nitrogen and oxygen atoms in total. The van der Waals surface area contributed by atoms with Crippen molar-refractivity contribution < 1.29 is 9.72 Å². The van der Waals surface area contributed by atoms with Gasteiger partial charge in [-0.1, -0.05) is 17.7 Å². The molecule has 1 aliphatic heterocycles. The highest BCUT2D eigenvalue weighted by molar-refractivity contribution is 7.09. The van der Waals surface area contributed by atoms with Crippen molar-refractivity contribution in [3.8, 4) is 0 Å². The third-order valence-corrected chi connectivity index (χ3v) is 5.37. The molecule has 0 bridgehead atoms. The molecule has 9 heteroatoms. The molecule has 0 radical (unpaired) electrons. The van der Waals surface area contributed by atoms with Crippen LogP contribution in [-0.2, 0) is 11.3 Å². The highest BCUT2D eigenvalue weighted by Gasteiger charge is 2.24. The minimum absolute atomic E-state index is 0.00989. The Morgan fingerprint density at radius 1 is 1.27 bits per heavy atom. The highest BCUT2D eigenvalue weighted by Crippen LogP contribution is 2.31. The Morgan fingerprint density at radius 2 is 2.04 bits per heavy atom. The number of thiophene rings is 1. The van der Waals surface area contributed by atoms with E-state index in [2.05, 4.69) is 10.2 Å². The Bertz CT molecular complexity index is 776. The van der Waals surface area contributed by atoms with Gasteiger partial charge in [-0.15, -0.1) is 11.3 Å². The van der Waals surface area contributed by atoms with Crippen molar-refractivity contribution in [2.24, 2.45) is 0 Å². The van der Waals surface area contributed by atoms with E-state index in [0.29, 0.717) is 50.0 Å². The van der Waals surface area contributed by atoms with Gasteiger partial charge in [-0.3, -0.25) is 19.8 Å². The van der Waals surface area contributed by atoms with E-state index in [9.17, 15) is 14.9 Å². The van der Waals surface area contributed by atoms with Gasteiger partial charge in [0.25, 0.3) is 5.69 Å². The molecule has 1 saturated heterocycles. The van der Waals surface area contributed by atoms with Crippen LogP contribution in [0.15, 0.2) is 35.7 Å². The molecule has 2 heterocycles. The zero-order valence-corrected chi connectivity index (χ0v) is 15.6. The summed E-state index contributed by atoms with van der Waals surface area (Å²) < 4.78 is 0. The molecule has 0 aliphatic carbocycles. The van der Waals surface area contributed by atoms with E-state index in [-0.39, 0.29) is 11.6 Å². The first-order chi connectivity index (χ1) is 12.5. The maximum absolute atomic E-state index is 12.1. The number of piperazine rings is 1. The number of carbonyl (C=O) groups is 1. The SMILES string of the molecule is O=C(CN1CCN(c2ccc(Cl)cc2[N+](=O)[O-])CC1)NCc1cccs1. The number of nitro benzene ring substituents is 1. The fourth-order valence-corrected chi connectivity index (χ4v) is 3.73. The number of hydrogen-bond donors (Lipinski definition) is 1. The lowest BCUT2D eigenvalue weighted by molar-refractivity contribution is -0.384. The number of amides is 1. The van der Waals surface area contributed by atoms with Crippen LogP contribution < -0.4 is 10.2 Å². The van der Waals surface area contributed by atoms with Crippen LogP contribution in [0, 0.1) is 10.1 Å². The summed E-state index contributed by atoms with van der Waals surface area (Å²) in [6, 6.07) is 8.67. The monoisotopic (exact) mass is 394 g/mol. The summed E-state index contributed by atoms with van der Waals surface area (Å²) in [5.41, 5.74) is 0.584. The van der Waals surface area contributed by atoms with E-state index >= 15 is 0 Å². The van der Waals surface area contributed by atoms with Crippen LogP contribution in [0.1, 0.15) is 4.88 Å². The predicted molar refractivity (Wildman–Crippen MR) is 103 cm³/mol. The summed E-state index contributed by atoms with van der Waals surface area (Å²) in [6.07, 6.45) is 0. The maximum Gasteiger partial charge on any atom is 0.294 e. The molecular weight excluding hydrogens is 376 g/mol. The van der Waals surface area contributed by atoms with Crippen molar-refractivity contribution >= 4 is 40.2 Å². The molecule has 3 rings (SSSR count). The first kappa shape index (κ1) is 18.6. The number of nitrogens with one attached hydrogen (secondary N) is 1. The average molecular weight is 395 g/mol. The molecule has 0 saturated carbocycles. The number of nitrogens with zero attached hydrogens (tertiary/aromatic N) is 3. The Labute approximate surface area is 160 Å². The van der Waals surface area contributed by atoms with Gasteiger partial charge in [0.1, 0.15) is 5.69 Å². The number of halogens is 1. The molecule has 1 aliphatic rings. The van der Waals surface area contributed by atoms with Crippen LogP contribution in [0.25, 0.3) is 0 Å². The van der Waals surface area contributed by atoms with Crippen LogP contribution in [0.4, 0.5) is 11.4 Å². The Morgan fingerprint density at radius 3 is 2.69 bits per heavy atom. The van der Waals surface area contributed by atoms with Gasteiger partial charge < -0.3 is 10.2 Å². The second kappa shape index (κ2) is 8.48. The molecule has 2 aromatic rings. The van der Waals surface area contributed by atoms with Crippen LogP contribution in [0.5, 0.6) is 0 Å². The van der Waals surface area contributed by atoms with E-state index in [0.717, 1.165) is 4.88 Å². The van der Waals surface area contributed by atoms with Crippen molar-refractivity contribution in [1.29, 1.82) is 0 Å². The van der Waals surface area contributed by atoms with Crippen LogP contribution in [0.3, 0.4) is 0 Å². The normalized spacial score (nSPS) is 15.0. The standard InChI is InChI=1S/C17H19ClN4O3S/c18-13-3-4-15(16(10-13)22(24)25)21-7-5-20(6-8-21)12-17(23)19-11-14-2-1-9-26-14/h1-4,9-10H,5-8,11-12H2,(H,19,23). The molecule has 0 atom stereocenters. The van der Waals surface area contributed by atoms with Gasteiger partial charge in [0.2, 0.25) is 5.91 Å². The number of anilines is 1. The summed E-state index contributed by atoms with van der Waals surface area (Å²) in [5.74, 6) is -0.00989. The fourth-order valence-electron chi connectivity index (χ4n) is 2.91. The van der Waals surface area contributed by atoms with Crippen molar-refractivity contribution in [3.63, 3.8) is 0 Å². The third-order valence-electron chi connectivity index (χ3n) is 4.25. The summed E-state index contributed by atoms with van der Waals surface area (Å²) in [6.45, 7) is 3.48. The summed E-state index contributed by atoms with van der Waals surface area (Å²) in [5, 5.41) is 16.5. The van der Waals surface area contributed by atoms with Gasteiger partial charge in [0, 0.05) is 42.1 Å². The van der Waals surface area contributed by atoms with Gasteiger partial charge >= 0.3 is 0 Å². The van der Waals surface area contributed by atoms with Crippen molar-refractivity contribution in [1.82, 2.24) is 10.2 Å². The molecular formula is C17H19ClN4O3S. The minimum atomic E-state index is -0.411. The molecule has 1 aromatic carbocycles. The van der Waals surface area contributed by atoms with E-state index in [1.165, 1.54) is 6.07 Å². The van der Waals surface area contributed by atoms with Gasteiger partial charge in [-0.25, -0.2) is 0 Å². The van der Waals surface area contributed by atoms with E-state index in [1.807, 2.05) is 22.4 Å². The quantitative estimate of drug-likeness (QED) is 0.602. The molecule has 0 unspecified atom stereocenters. The van der Waals surface area contributed by atoms with E-state index in [4.69, 9.17) is 11.6 Å². The lowest BCUT2D eigenvalue weighted by Crippen LogP contribution is -2.49. The van der Waals surface area contributed by atoms with Crippen LogP contribution in [-0.4, -0.2) is 48.5 Å². The zero-order valence-electron chi connectivity index (χ0n) is 14.1. The molecule has 26 heavy (non-hydrogen) atoms. The molecule has 1 aromatic heterocycles. The number of nitro groups is 1. The number of carbonyl (C=O) groups excluding carboxylic acids is 1. The molecule has 138 valence electrons. The summed E-state index contributed by atoms with van der Waals surface area (Å²) >= 11 is 7.49. The molecule has 0 spiro atoms. The first-order valence-corrected chi connectivity index (χ1v) is 9.49. The van der Waals surface area contributed by atoms with Crippen molar-refractivity contribution in [2.75, 3.05) is 37.6 Å². The first-order valence-electron chi connectivity index (χ1n) is 8.23. The summed E-state index contributed by atoms with van der Waals surface area (Å²) in [4.78, 5) is 28.1. The largest absolute Gasteiger partial charge is 0.363 e.